The number of hydrogen-bond acceptors (Lipinski definition) is 2. The van der Waals surface area contributed by atoms with Gasteiger partial charge in [0.05, 0.1) is 0 Å². The molecule has 0 radical (unpaired) electrons. The molecule has 0 heterocycles. The van der Waals surface area contributed by atoms with Gasteiger partial charge in [-0.3, -0.25) is 0 Å². The Hall–Kier alpha value is -2.12. The van der Waals surface area contributed by atoms with E-state index in [4.69, 9.17) is 23.8 Å². The van der Waals surface area contributed by atoms with Crippen molar-refractivity contribution >= 4 is 6.21 Å². The van der Waals surface area contributed by atoms with Crippen molar-refractivity contribution in [3.63, 3.8) is 0 Å². The van der Waals surface area contributed by atoms with Crippen molar-refractivity contribution in [3.05, 3.63) is 34.7 Å². The quantitative estimate of drug-likeness (QED) is 0.460. The molecule has 0 amide bonds. The second-order valence-electron chi connectivity index (χ2n) is 1.50. The predicted molar refractivity (Wildman–Crippen MR) is 38.1 cm³/mol. The normalized spacial score (nSPS) is 9.55. The fraction of sp³-hybridized carbons (Fsp3) is 0.143. The van der Waals surface area contributed by atoms with Gasteiger partial charge in [0.1, 0.15) is 13.1 Å². The Labute approximate surface area is 64.5 Å². The summed E-state index contributed by atoms with van der Waals surface area (Å²) in [5, 5.41) is 14.9. The van der Waals surface area contributed by atoms with Gasteiger partial charge in [0, 0.05) is 6.07 Å². The van der Waals surface area contributed by atoms with Gasteiger partial charge in [-0.25, -0.2) is 5.26 Å². The molecule has 0 saturated heterocycles. The second-order valence-corrected chi connectivity index (χ2v) is 1.50. The maximum absolute atomic E-state index is 8.28. The number of nitriles is 1. The number of nitrogens with zero attached hydrogens (tertiary/aromatic N) is 3. The van der Waals surface area contributed by atoms with Crippen molar-refractivity contribution in [1.29, 1.82) is 10.7 Å². The molecule has 1 unspecified atom stereocenters. The minimum atomic E-state index is -0.881. The van der Waals surface area contributed by atoms with Crippen LogP contribution in [0.15, 0.2) is 11.9 Å². The second kappa shape index (κ2) is 4.73. The van der Waals surface area contributed by atoms with E-state index in [1.54, 1.807) is 6.07 Å². The molecular weight excluding hydrogens is 140 g/mol. The summed E-state index contributed by atoms with van der Waals surface area (Å²) >= 11 is 0. The first-order valence-corrected chi connectivity index (χ1v) is 2.57. The van der Waals surface area contributed by atoms with Crippen molar-refractivity contribution < 1.29 is 0 Å². The minimum absolute atomic E-state index is 0.198. The van der Waals surface area contributed by atoms with Crippen LogP contribution in [0.4, 0.5) is 0 Å². The molecule has 0 aromatic rings. The number of allylic oxidation sites excluding steroid dienone is 1. The van der Waals surface area contributed by atoms with Gasteiger partial charge in [-0.05, 0) is 6.08 Å². The third-order valence-electron chi connectivity index (χ3n) is 0.839. The highest BCUT2D eigenvalue weighted by molar-refractivity contribution is 5.64. The first kappa shape index (κ1) is 8.88. The van der Waals surface area contributed by atoms with Crippen LogP contribution in [0, 0.1) is 35.8 Å². The van der Waals surface area contributed by atoms with Crippen LogP contribution < -0.4 is 0 Å². The summed E-state index contributed by atoms with van der Waals surface area (Å²) < 4.78 is 0. The highest BCUT2D eigenvalue weighted by Gasteiger charge is 2.01. The van der Waals surface area contributed by atoms with Crippen LogP contribution >= 0.6 is 0 Å². The molecule has 4 heteroatoms. The van der Waals surface area contributed by atoms with E-state index >= 15 is 0 Å². The van der Waals surface area contributed by atoms with E-state index in [0.717, 1.165) is 6.08 Å². The average molecular weight is 143 g/mol. The third kappa shape index (κ3) is 2.79. The molecule has 0 fully saturated rings. The summed E-state index contributed by atoms with van der Waals surface area (Å²) in [6.45, 7) is 12.9. The zero-order valence-corrected chi connectivity index (χ0v) is 5.50. The molecule has 0 saturated carbocycles. The summed E-state index contributed by atoms with van der Waals surface area (Å²) in [6, 6.07) is 1.69. The van der Waals surface area contributed by atoms with E-state index in [0.29, 0.717) is 0 Å². The molecule has 0 aliphatic carbocycles. The molecule has 0 bridgehead atoms. The van der Waals surface area contributed by atoms with E-state index in [1.807, 2.05) is 6.21 Å². The maximum Gasteiger partial charge on any atom is 0.514 e. The van der Waals surface area contributed by atoms with Crippen LogP contribution in [0.25, 0.3) is 9.69 Å². The van der Waals surface area contributed by atoms with E-state index in [1.165, 1.54) is 0 Å². The van der Waals surface area contributed by atoms with Crippen LogP contribution in [0.3, 0.4) is 0 Å². The molecule has 0 aliphatic heterocycles. The highest BCUT2D eigenvalue weighted by atomic mass is 14.9. The lowest BCUT2D eigenvalue weighted by Crippen LogP contribution is -1.91. The summed E-state index contributed by atoms with van der Waals surface area (Å²) in [5.41, 5.74) is 0. The van der Waals surface area contributed by atoms with Gasteiger partial charge >= 0.3 is 5.82 Å². The standard InChI is InChI=1S/C7H3N4/c1-10-7(11-2)3-6(4-8)5-9/h3,6,8H/q-1. The van der Waals surface area contributed by atoms with E-state index in [9.17, 15) is 0 Å². The summed E-state index contributed by atoms with van der Waals surface area (Å²) in [4.78, 5) is 5.65. The molecule has 0 rings (SSSR count). The Kier molecular flexibility index (Phi) is 3.82. The van der Waals surface area contributed by atoms with Crippen molar-refractivity contribution in [2.24, 2.45) is 5.92 Å². The van der Waals surface area contributed by atoms with Gasteiger partial charge in [-0.15, -0.1) is 0 Å². The largest absolute Gasteiger partial charge is 0.517 e. The molecule has 0 spiro atoms. The van der Waals surface area contributed by atoms with Crippen molar-refractivity contribution in [2.45, 2.75) is 0 Å². The van der Waals surface area contributed by atoms with Crippen LogP contribution in [0.2, 0.25) is 0 Å². The SMILES string of the molecule is [C-]#[N+]C(=CC(C#N)[C-]=N)[N+]#[C-]. The Morgan fingerprint density at radius 2 is 2.18 bits per heavy atom. The van der Waals surface area contributed by atoms with Crippen LogP contribution in [-0.4, -0.2) is 6.21 Å². The highest BCUT2D eigenvalue weighted by Crippen LogP contribution is 2.03. The number of hydrogen-bond donors (Lipinski definition) is 1. The molecule has 52 valence electrons. The number of nitrogens with one attached hydrogen (secondary N) is 1. The summed E-state index contributed by atoms with van der Waals surface area (Å²) in [5.74, 6) is -1.08. The lowest BCUT2D eigenvalue weighted by atomic mass is 10.2. The lowest BCUT2D eigenvalue weighted by Gasteiger charge is -1.99. The van der Waals surface area contributed by atoms with E-state index < -0.39 is 5.92 Å². The van der Waals surface area contributed by atoms with Gasteiger partial charge in [-0.1, -0.05) is 5.92 Å². The Morgan fingerprint density at radius 1 is 1.64 bits per heavy atom. The molecule has 4 nitrogen and oxygen atoms in total. The minimum Gasteiger partial charge on any atom is -0.517 e. The van der Waals surface area contributed by atoms with Gasteiger partial charge < -0.3 is 11.6 Å². The maximum atomic E-state index is 8.28. The van der Waals surface area contributed by atoms with E-state index in [2.05, 4.69) is 9.69 Å². The molecule has 11 heavy (non-hydrogen) atoms. The molecular formula is C7H3N4-. The summed E-state index contributed by atoms with van der Waals surface area (Å²) in [7, 11) is 0. The smallest absolute Gasteiger partial charge is 0.514 e. The first-order valence-electron chi connectivity index (χ1n) is 2.57. The Morgan fingerprint density at radius 3 is 2.45 bits per heavy atom. The van der Waals surface area contributed by atoms with E-state index in [-0.39, 0.29) is 5.82 Å². The molecule has 0 aromatic heterocycles. The topological polar surface area (TPSA) is 56.4 Å². The zero-order valence-electron chi connectivity index (χ0n) is 5.50. The monoisotopic (exact) mass is 143 g/mol. The first-order chi connectivity index (χ1) is 5.28. The number of rotatable bonds is 2. The Bertz CT molecular complexity index is 278. The molecule has 1 atom stereocenters. The van der Waals surface area contributed by atoms with Crippen molar-refractivity contribution in [3.8, 4) is 6.07 Å². The fourth-order valence-electron chi connectivity index (χ4n) is 0.360. The van der Waals surface area contributed by atoms with Crippen LogP contribution in [-0.2, 0) is 0 Å². The van der Waals surface area contributed by atoms with Gasteiger partial charge in [0.25, 0.3) is 0 Å². The molecule has 0 aromatic carbocycles. The zero-order chi connectivity index (χ0) is 8.69. The van der Waals surface area contributed by atoms with Gasteiger partial charge in [0.2, 0.25) is 0 Å². The lowest BCUT2D eigenvalue weighted by molar-refractivity contribution is 1.15. The summed E-state index contributed by atoms with van der Waals surface area (Å²) in [6.07, 6.45) is 2.98. The van der Waals surface area contributed by atoms with Gasteiger partial charge in [0.15, 0.2) is 0 Å². The Balaban J connectivity index is 4.58. The average Bonchev–Trinajstić information content (AvgIpc) is 2.07. The van der Waals surface area contributed by atoms with Crippen LogP contribution in [0.5, 0.6) is 0 Å². The molecule has 0 aliphatic rings. The predicted octanol–water partition coefficient (Wildman–Crippen LogP) is 1.33. The van der Waals surface area contributed by atoms with Crippen molar-refractivity contribution in [1.82, 2.24) is 0 Å². The fourth-order valence-corrected chi connectivity index (χ4v) is 0.360. The molecule has 1 N–H and O–H groups in total. The van der Waals surface area contributed by atoms with Gasteiger partial charge in [-0.2, -0.15) is 9.69 Å². The third-order valence-corrected chi connectivity index (χ3v) is 0.839. The van der Waals surface area contributed by atoms with Crippen LogP contribution in [0.1, 0.15) is 0 Å². The van der Waals surface area contributed by atoms with Crippen molar-refractivity contribution in [2.75, 3.05) is 0 Å².